The van der Waals surface area contributed by atoms with Gasteiger partial charge in [0.1, 0.15) is 0 Å². The monoisotopic (exact) mass is 335 g/mol. The fourth-order valence-corrected chi connectivity index (χ4v) is 3.72. The van der Waals surface area contributed by atoms with Gasteiger partial charge >= 0.3 is 0 Å². The molecule has 0 aromatic heterocycles. The van der Waals surface area contributed by atoms with Crippen LogP contribution in [0.2, 0.25) is 0 Å². The normalized spacial score (nSPS) is 29.1. The number of nitrogens with zero attached hydrogens (tertiary/aromatic N) is 1. The second-order valence-electron chi connectivity index (χ2n) is 5.70. The van der Waals surface area contributed by atoms with Gasteiger partial charge in [-0.25, -0.2) is 0 Å². The fourth-order valence-electron chi connectivity index (χ4n) is 3.30. The lowest BCUT2D eigenvalue weighted by Crippen LogP contribution is -2.29. The van der Waals surface area contributed by atoms with Gasteiger partial charge in [0.2, 0.25) is 5.91 Å². The quantitative estimate of drug-likeness (QED) is 0.844. The van der Waals surface area contributed by atoms with E-state index in [2.05, 4.69) is 15.9 Å². The van der Waals surface area contributed by atoms with Crippen LogP contribution in [0.4, 0.5) is 0 Å². The maximum absolute atomic E-state index is 12.2. The summed E-state index contributed by atoms with van der Waals surface area (Å²) in [5, 5.41) is 9.88. The summed E-state index contributed by atoms with van der Waals surface area (Å²) in [6, 6.07) is 7.86. The highest BCUT2D eigenvalue weighted by Gasteiger charge is 2.42. The van der Waals surface area contributed by atoms with Crippen LogP contribution >= 0.6 is 15.9 Å². The van der Waals surface area contributed by atoms with Crippen LogP contribution < -0.4 is 0 Å². The van der Waals surface area contributed by atoms with Crippen molar-refractivity contribution in [1.29, 1.82) is 0 Å². The molecule has 2 fully saturated rings. The molecule has 0 radical (unpaired) electrons. The van der Waals surface area contributed by atoms with Gasteiger partial charge in [0.05, 0.1) is 6.10 Å². The van der Waals surface area contributed by atoms with Crippen molar-refractivity contribution in [2.24, 2.45) is 11.8 Å². The van der Waals surface area contributed by atoms with E-state index < -0.39 is 0 Å². The van der Waals surface area contributed by atoms with Crippen molar-refractivity contribution in [1.82, 2.24) is 4.90 Å². The molecule has 0 bridgehead atoms. The van der Waals surface area contributed by atoms with Crippen molar-refractivity contribution >= 4 is 27.9 Å². The van der Waals surface area contributed by atoms with Gasteiger partial charge in [-0.05, 0) is 42.5 Å². The number of amides is 1. The van der Waals surface area contributed by atoms with Gasteiger partial charge in [0, 0.05) is 29.6 Å². The van der Waals surface area contributed by atoms with Crippen molar-refractivity contribution < 1.29 is 9.90 Å². The Morgan fingerprint density at radius 3 is 2.95 bits per heavy atom. The predicted octanol–water partition coefficient (Wildman–Crippen LogP) is 2.69. The minimum absolute atomic E-state index is 0.0478. The Hall–Kier alpha value is -1.13. The molecule has 3 rings (SSSR count). The molecule has 1 aromatic carbocycles. The van der Waals surface area contributed by atoms with E-state index in [0.29, 0.717) is 18.4 Å². The van der Waals surface area contributed by atoms with Crippen molar-refractivity contribution in [2.45, 2.75) is 18.9 Å². The third-order valence-corrected chi connectivity index (χ3v) is 4.89. The highest BCUT2D eigenvalue weighted by Crippen LogP contribution is 2.38. The summed E-state index contributed by atoms with van der Waals surface area (Å²) >= 11 is 3.42. The average Bonchev–Trinajstić information content (AvgIpc) is 2.99. The molecular formula is C16H18BrNO2. The number of hydrogen-bond acceptors (Lipinski definition) is 2. The van der Waals surface area contributed by atoms with Crippen molar-refractivity contribution in [3.63, 3.8) is 0 Å². The maximum atomic E-state index is 12.2. The van der Waals surface area contributed by atoms with Crippen LogP contribution in [-0.2, 0) is 4.79 Å². The summed E-state index contributed by atoms with van der Waals surface area (Å²) in [4.78, 5) is 14.1. The molecule has 1 aliphatic heterocycles. The SMILES string of the molecule is O=C(/C=C/c1cccc(Br)c1)N1CC2CCC(O)C2C1. The summed E-state index contributed by atoms with van der Waals surface area (Å²) in [5.41, 5.74) is 1.01. The first-order chi connectivity index (χ1) is 9.63. The first-order valence-corrected chi connectivity index (χ1v) is 7.83. The first kappa shape index (κ1) is 13.8. The molecule has 1 saturated carbocycles. The molecule has 3 atom stereocenters. The minimum Gasteiger partial charge on any atom is -0.393 e. The second-order valence-corrected chi connectivity index (χ2v) is 6.62. The maximum Gasteiger partial charge on any atom is 0.246 e. The van der Waals surface area contributed by atoms with Crippen LogP contribution in [0.1, 0.15) is 18.4 Å². The van der Waals surface area contributed by atoms with E-state index in [1.807, 2.05) is 35.2 Å². The van der Waals surface area contributed by atoms with E-state index in [1.54, 1.807) is 6.08 Å². The van der Waals surface area contributed by atoms with Gasteiger partial charge < -0.3 is 10.0 Å². The number of likely N-dealkylation sites (tertiary alicyclic amines) is 1. The van der Waals surface area contributed by atoms with Gasteiger partial charge in [-0.1, -0.05) is 28.1 Å². The molecule has 3 unspecified atom stereocenters. The van der Waals surface area contributed by atoms with Crippen molar-refractivity contribution in [3.05, 3.63) is 40.4 Å². The molecule has 1 heterocycles. The highest BCUT2D eigenvalue weighted by molar-refractivity contribution is 9.10. The second kappa shape index (κ2) is 5.70. The summed E-state index contributed by atoms with van der Waals surface area (Å²) < 4.78 is 1.01. The Morgan fingerprint density at radius 2 is 2.20 bits per heavy atom. The molecule has 2 aliphatic rings. The van der Waals surface area contributed by atoms with Crippen molar-refractivity contribution in [2.75, 3.05) is 13.1 Å². The Balaban J connectivity index is 1.63. The lowest BCUT2D eigenvalue weighted by atomic mass is 10.00. The molecule has 0 spiro atoms. The van der Waals surface area contributed by atoms with E-state index in [4.69, 9.17) is 0 Å². The predicted molar refractivity (Wildman–Crippen MR) is 82.0 cm³/mol. The summed E-state index contributed by atoms with van der Waals surface area (Å²) in [5.74, 6) is 0.831. The number of rotatable bonds is 2. The number of aliphatic hydroxyl groups excluding tert-OH is 1. The molecule has 1 aromatic rings. The molecular weight excluding hydrogens is 318 g/mol. The van der Waals surface area contributed by atoms with Crippen LogP contribution in [0.15, 0.2) is 34.8 Å². The van der Waals surface area contributed by atoms with E-state index in [1.165, 1.54) is 0 Å². The van der Waals surface area contributed by atoms with E-state index in [-0.39, 0.29) is 12.0 Å². The zero-order valence-corrected chi connectivity index (χ0v) is 12.8. The van der Waals surface area contributed by atoms with Crippen LogP contribution in [0.5, 0.6) is 0 Å². The van der Waals surface area contributed by atoms with Gasteiger partial charge in [-0.2, -0.15) is 0 Å². The lowest BCUT2D eigenvalue weighted by molar-refractivity contribution is -0.125. The topological polar surface area (TPSA) is 40.5 Å². The summed E-state index contributed by atoms with van der Waals surface area (Å²) in [6.45, 7) is 1.50. The van der Waals surface area contributed by atoms with E-state index in [0.717, 1.165) is 29.4 Å². The number of carbonyl (C=O) groups is 1. The number of fused-ring (bicyclic) bond motifs is 1. The van der Waals surface area contributed by atoms with Crippen LogP contribution in [0, 0.1) is 11.8 Å². The molecule has 1 amide bonds. The minimum atomic E-state index is -0.216. The number of hydrogen-bond donors (Lipinski definition) is 1. The average molecular weight is 336 g/mol. The molecule has 1 saturated heterocycles. The third-order valence-electron chi connectivity index (χ3n) is 4.40. The largest absolute Gasteiger partial charge is 0.393 e. The zero-order chi connectivity index (χ0) is 14.1. The van der Waals surface area contributed by atoms with E-state index >= 15 is 0 Å². The van der Waals surface area contributed by atoms with Gasteiger partial charge in [-0.15, -0.1) is 0 Å². The number of carbonyl (C=O) groups excluding carboxylic acids is 1. The smallest absolute Gasteiger partial charge is 0.246 e. The molecule has 1 N–H and O–H groups in total. The Bertz CT molecular complexity index is 543. The molecule has 4 heteroatoms. The Morgan fingerprint density at radius 1 is 1.35 bits per heavy atom. The standard InChI is InChI=1S/C16H18BrNO2/c17-13-3-1-2-11(8-13)4-7-16(20)18-9-12-5-6-15(19)14(12)10-18/h1-4,7-8,12,14-15,19H,5-6,9-10H2/b7-4+. The molecule has 3 nitrogen and oxygen atoms in total. The molecule has 106 valence electrons. The third kappa shape index (κ3) is 2.81. The van der Waals surface area contributed by atoms with E-state index in [9.17, 15) is 9.90 Å². The zero-order valence-electron chi connectivity index (χ0n) is 11.2. The van der Waals surface area contributed by atoms with Crippen LogP contribution in [0.25, 0.3) is 6.08 Å². The number of halogens is 1. The first-order valence-electron chi connectivity index (χ1n) is 7.04. The summed E-state index contributed by atoms with van der Waals surface area (Å²) in [7, 11) is 0. The van der Waals surface area contributed by atoms with Crippen molar-refractivity contribution in [3.8, 4) is 0 Å². The number of benzene rings is 1. The fraction of sp³-hybridized carbons (Fsp3) is 0.438. The van der Waals surface area contributed by atoms with Gasteiger partial charge in [-0.3, -0.25) is 4.79 Å². The Kier molecular flexibility index (Phi) is 3.94. The van der Waals surface area contributed by atoms with Gasteiger partial charge in [0.15, 0.2) is 0 Å². The highest BCUT2D eigenvalue weighted by atomic mass is 79.9. The van der Waals surface area contributed by atoms with Crippen LogP contribution in [-0.4, -0.2) is 35.1 Å². The lowest BCUT2D eigenvalue weighted by Gasteiger charge is -2.16. The number of aliphatic hydroxyl groups is 1. The summed E-state index contributed by atoms with van der Waals surface area (Å²) in [6.07, 6.45) is 5.20. The molecule has 20 heavy (non-hydrogen) atoms. The van der Waals surface area contributed by atoms with Gasteiger partial charge in [0.25, 0.3) is 0 Å². The van der Waals surface area contributed by atoms with Crippen LogP contribution in [0.3, 0.4) is 0 Å². The molecule has 1 aliphatic carbocycles. The Labute approximate surface area is 127 Å².